The molecule has 0 aromatic heterocycles. The Hall–Kier alpha value is -1.87. The van der Waals surface area contributed by atoms with E-state index in [2.05, 4.69) is 0 Å². The molecule has 0 N–H and O–H groups in total. The molecule has 0 spiro atoms. The molecule has 92 valence electrons. The Bertz CT molecular complexity index is 554. The first-order chi connectivity index (χ1) is 8.83. The van der Waals surface area contributed by atoms with Gasteiger partial charge < -0.3 is 14.2 Å². The molecule has 1 heterocycles. The topological polar surface area (TPSA) is 27.7 Å². The molecule has 2 aromatic rings. The molecule has 1 aliphatic rings. The van der Waals surface area contributed by atoms with Crippen LogP contribution in [0.25, 0.3) is 0 Å². The van der Waals surface area contributed by atoms with Gasteiger partial charge in [-0.1, -0.05) is 29.8 Å². The van der Waals surface area contributed by atoms with Crippen LogP contribution in [-0.2, 0) is 6.61 Å². The Balaban J connectivity index is 1.77. The standard InChI is InChI=1S/C14H11ClO3/c15-12-7-14-13(17-9-18-14)6-10(12)8-16-11-4-2-1-3-5-11/h1-7H,8-9H2. The molecular formula is C14H11ClO3. The number of hydrogen-bond acceptors (Lipinski definition) is 3. The number of hydrogen-bond donors (Lipinski definition) is 0. The van der Waals surface area contributed by atoms with E-state index in [9.17, 15) is 0 Å². The molecule has 0 radical (unpaired) electrons. The van der Waals surface area contributed by atoms with Crippen molar-refractivity contribution in [2.75, 3.05) is 6.79 Å². The third kappa shape index (κ3) is 2.22. The zero-order valence-corrected chi connectivity index (χ0v) is 10.3. The molecular weight excluding hydrogens is 252 g/mol. The normalized spacial score (nSPS) is 12.5. The van der Waals surface area contributed by atoms with E-state index >= 15 is 0 Å². The third-order valence-electron chi connectivity index (χ3n) is 2.68. The van der Waals surface area contributed by atoms with Gasteiger partial charge in [0.05, 0.1) is 5.02 Å². The van der Waals surface area contributed by atoms with Crippen LogP contribution in [0.4, 0.5) is 0 Å². The molecule has 0 amide bonds. The highest BCUT2D eigenvalue weighted by Crippen LogP contribution is 2.37. The van der Waals surface area contributed by atoms with Crippen molar-refractivity contribution in [1.82, 2.24) is 0 Å². The minimum atomic E-state index is 0.245. The van der Waals surface area contributed by atoms with Gasteiger partial charge >= 0.3 is 0 Å². The minimum Gasteiger partial charge on any atom is -0.489 e. The van der Waals surface area contributed by atoms with Crippen LogP contribution in [0.15, 0.2) is 42.5 Å². The summed E-state index contributed by atoms with van der Waals surface area (Å²) in [6.45, 7) is 0.647. The Morgan fingerprint density at radius 1 is 1.06 bits per heavy atom. The van der Waals surface area contributed by atoms with Crippen LogP contribution in [-0.4, -0.2) is 6.79 Å². The van der Waals surface area contributed by atoms with E-state index < -0.39 is 0 Å². The van der Waals surface area contributed by atoms with Gasteiger partial charge in [0.2, 0.25) is 6.79 Å². The van der Waals surface area contributed by atoms with Gasteiger partial charge in [-0.05, 0) is 18.2 Å². The quantitative estimate of drug-likeness (QED) is 0.845. The Morgan fingerprint density at radius 3 is 2.56 bits per heavy atom. The molecule has 18 heavy (non-hydrogen) atoms. The largest absolute Gasteiger partial charge is 0.489 e. The summed E-state index contributed by atoms with van der Waals surface area (Å²) in [5.41, 5.74) is 0.879. The van der Waals surface area contributed by atoms with Crippen LogP contribution in [0.1, 0.15) is 5.56 Å². The van der Waals surface area contributed by atoms with E-state index in [0.29, 0.717) is 23.1 Å². The Kier molecular flexibility index (Phi) is 2.99. The van der Waals surface area contributed by atoms with Crippen molar-refractivity contribution in [2.24, 2.45) is 0 Å². The molecule has 0 fully saturated rings. The lowest BCUT2D eigenvalue weighted by molar-refractivity contribution is 0.174. The van der Waals surface area contributed by atoms with Crippen LogP contribution < -0.4 is 14.2 Å². The number of halogens is 1. The second kappa shape index (κ2) is 4.78. The Labute approximate surface area is 110 Å². The molecule has 3 nitrogen and oxygen atoms in total. The van der Waals surface area contributed by atoms with Crippen molar-refractivity contribution >= 4 is 11.6 Å². The van der Waals surface area contributed by atoms with Crippen molar-refractivity contribution in [3.8, 4) is 17.2 Å². The second-order valence-electron chi connectivity index (χ2n) is 3.90. The van der Waals surface area contributed by atoms with Gasteiger partial charge in [0.15, 0.2) is 11.5 Å². The Morgan fingerprint density at radius 2 is 1.78 bits per heavy atom. The molecule has 4 heteroatoms. The highest BCUT2D eigenvalue weighted by atomic mass is 35.5. The number of para-hydroxylation sites is 1. The zero-order valence-electron chi connectivity index (χ0n) is 9.56. The summed E-state index contributed by atoms with van der Waals surface area (Å²) >= 11 is 6.16. The van der Waals surface area contributed by atoms with Crippen molar-refractivity contribution in [1.29, 1.82) is 0 Å². The molecule has 0 saturated carbocycles. The number of ether oxygens (including phenoxy) is 3. The summed E-state index contributed by atoms with van der Waals surface area (Å²) < 4.78 is 16.2. The number of benzene rings is 2. The monoisotopic (exact) mass is 262 g/mol. The first-order valence-corrected chi connectivity index (χ1v) is 5.96. The SMILES string of the molecule is Clc1cc2c(cc1COc1ccccc1)OCO2. The molecule has 0 unspecified atom stereocenters. The first kappa shape index (κ1) is 11.2. The fourth-order valence-corrected chi connectivity index (χ4v) is 1.96. The summed E-state index contributed by atoms with van der Waals surface area (Å²) in [5.74, 6) is 2.21. The molecule has 0 saturated heterocycles. The van der Waals surface area contributed by atoms with Gasteiger partial charge in [0.25, 0.3) is 0 Å². The molecule has 0 atom stereocenters. The maximum absolute atomic E-state index is 6.16. The summed E-state index contributed by atoms with van der Waals surface area (Å²) in [7, 11) is 0. The van der Waals surface area contributed by atoms with E-state index in [1.807, 2.05) is 36.4 Å². The minimum absolute atomic E-state index is 0.245. The maximum atomic E-state index is 6.16. The lowest BCUT2D eigenvalue weighted by Crippen LogP contribution is -1.96. The van der Waals surface area contributed by atoms with Crippen molar-refractivity contribution in [2.45, 2.75) is 6.61 Å². The second-order valence-corrected chi connectivity index (χ2v) is 4.31. The maximum Gasteiger partial charge on any atom is 0.231 e. The smallest absolute Gasteiger partial charge is 0.231 e. The van der Waals surface area contributed by atoms with Crippen LogP contribution >= 0.6 is 11.6 Å². The average Bonchev–Trinajstić information content (AvgIpc) is 2.84. The van der Waals surface area contributed by atoms with Crippen molar-refractivity contribution in [3.05, 3.63) is 53.1 Å². The van der Waals surface area contributed by atoms with Gasteiger partial charge in [-0.25, -0.2) is 0 Å². The van der Waals surface area contributed by atoms with Gasteiger partial charge in [-0.3, -0.25) is 0 Å². The fourth-order valence-electron chi connectivity index (χ4n) is 1.75. The zero-order chi connectivity index (χ0) is 12.4. The molecule has 0 aliphatic carbocycles. The van der Waals surface area contributed by atoms with Crippen molar-refractivity contribution < 1.29 is 14.2 Å². The summed E-state index contributed by atoms with van der Waals surface area (Å²) in [6, 6.07) is 13.2. The van der Waals surface area contributed by atoms with E-state index in [1.165, 1.54) is 0 Å². The number of fused-ring (bicyclic) bond motifs is 1. The molecule has 1 aliphatic heterocycles. The van der Waals surface area contributed by atoms with E-state index in [0.717, 1.165) is 11.3 Å². The summed E-state index contributed by atoms with van der Waals surface area (Å²) in [6.07, 6.45) is 0. The van der Waals surface area contributed by atoms with Crippen LogP contribution in [0, 0.1) is 0 Å². The summed E-state index contributed by atoms with van der Waals surface area (Å²) in [4.78, 5) is 0. The highest BCUT2D eigenvalue weighted by molar-refractivity contribution is 6.31. The summed E-state index contributed by atoms with van der Waals surface area (Å²) in [5, 5.41) is 0.621. The highest BCUT2D eigenvalue weighted by Gasteiger charge is 2.16. The lowest BCUT2D eigenvalue weighted by atomic mass is 10.2. The van der Waals surface area contributed by atoms with Crippen LogP contribution in [0.3, 0.4) is 0 Å². The third-order valence-corrected chi connectivity index (χ3v) is 3.03. The van der Waals surface area contributed by atoms with Crippen LogP contribution in [0.2, 0.25) is 5.02 Å². The lowest BCUT2D eigenvalue weighted by Gasteiger charge is -2.08. The van der Waals surface area contributed by atoms with Crippen molar-refractivity contribution in [3.63, 3.8) is 0 Å². The molecule has 0 bridgehead atoms. The van der Waals surface area contributed by atoms with Gasteiger partial charge in [0.1, 0.15) is 12.4 Å². The fraction of sp³-hybridized carbons (Fsp3) is 0.143. The average molecular weight is 263 g/mol. The number of rotatable bonds is 3. The predicted molar refractivity (Wildman–Crippen MR) is 68.3 cm³/mol. The molecule has 3 rings (SSSR count). The van der Waals surface area contributed by atoms with Gasteiger partial charge in [-0.15, -0.1) is 0 Å². The van der Waals surface area contributed by atoms with Crippen LogP contribution in [0.5, 0.6) is 17.2 Å². The van der Waals surface area contributed by atoms with E-state index in [4.69, 9.17) is 25.8 Å². The van der Waals surface area contributed by atoms with E-state index in [1.54, 1.807) is 6.07 Å². The van der Waals surface area contributed by atoms with Gasteiger partial charge in [-0.2, -0.15) is 0 Å². The van der Waals surface area contributed by atoms with E-state index in [-0.39, 0.29) is 6.79 Å². The predicted octanol–water partition coefficient (Wildman–Crippen LogP) is 3.65. The molecule has 2 aromatic carbocycles. The van der Waals surface area contributed by atoms with Gasteiger partial charge in [0, 0.05) is 11.6 Å². The first-order valence-electron chi connectivity index (χ1n) is 5.59.